The Morgan fingerprint density at radius 3 is 2.27 bits per heavy atom. The molecule has 4 heteroatoms. The molecule has 0 aliphatic heterocycles. The molecule has 0 aromatic heterocycles. The predicted octanol–water partition coefficient (Wildman–Crippen LogP) is 3.59. The molecule has 3 rings (SSSR count). The van der Waals surface area contributed by atoms with Gasteiger partial charge in [0.15, 0.2) is 12.8 Å². The Morgan fingerprint density at radius 1 is 1.12 bits per heavy atom. The Balaban J connectivity index is 1.86. The standard InChI is InChI=1S/C22H26N2O2/c1-3-23(4-2)21(25)22(19-13-9-6-10-14-19)15-20(22)17-24(26)16-18-11-7-5-8-12-18/h5-14,17,20H,3-4,15-16H2,1-2H3/b24-17+/t20-,22+/m0/s1. The molecule has 26 heavy (non-hydrogen) atoms. The molecular weight excluding hydrogens is 324 g/mol. The molecule has 1 fully saturated rings. The van der Waals surface area contributed by atoms with Crippen molar-refractivity contribution in [2.24, 2.45) is 5.92 Å². The molecule has 2 aromatic carbocycles. The van der Waals surface area contributed by atoms with Crippen molar-refractivity contribution >= 4 is 12.1 Å². The van der Waals surface area contributed by atoms with Crippen molar-refractivity contribution in [3.63, 3.8) is 0 Å². The normalized spacial score (nSPS) is 22.1. The van der Waals surface area contributed by atoms with Gasteiger partial charge in [-0.15, -0.1) is 0 Å². The first-order valence-electron chi connectivity index (χ1n) is 9.29. The van der Waals surface area contributed by atoms with E-state index in [0.717, 1.165) is 15.9 Å². The van der Waals surface area contributed by atoms with Crippen LogP contribution in [0.5, 0.6) is 0 Å². The van der Waals surface area contributed by atoms with E-state index in [0.29, 0.717) is 26.1 Å². The second-order valence-electron chi connectivity index (χ2n) is 6.84. The van der Waals surface area contributed by atoms with Crippen LogP contribution in [0.1, 0.15) is 31.4 Å². The summed E-state index contributed by atoms with van der Waals surface area (Å²) in [5.74, 6) is 0.0715. The molecule has 2 aromatic rings. The van der Waals surface area contributed by atoms with Crippen molar-refractivity contribution in [1.82, 2.24) is 4.90 Å². The van der Waals surface area contributed by atoms with Gasteiger partial charge < -0.3 is 10.1 Å². The van der Waals surface area contributed by atoms with E-state index in [4.69, 9.17) is 0 Å². The zero-order valence-electron chi connectivity index (χ0n) is 15.5. The van der Waals surface area contributed by atoms with E-state index >= 15 is 0 Å². The number of carbonyl (C=O) groups excluding carboxylic acids is 1. The van der Waals surface area contributed by atoms with Gasteiger partial charge in [-0.2, -0.15) is 0 Å². The van der Waals surface area contributed by atoms with Gasteiger partial charge in [-0.3, -0.25) is 4.79 Å². The Bertz CT molecular complexity index is 769. The molecule has 4 nitrogen and oxygen atoms in total. The average molecular weight is 350 g/mol. The molecular formula is C22H26N2O2. The number of carbonyl (C=O) groups is 1. The van der Waals surface area contributed by atoms with Gasteiger partial charge in [0.25, 0.3) is 0 Å². The lowest BCUT2D eigenvalue weighted by Gasteiger charge is -2.26. The van der Waals surface area contributed by atoms with E-state index in [-0.39, 0.29) is 11.8 Å². The van der Waals surface area contributed by atoms with Crippen molar-refractivity contribution in [1.29, 1.82) is 0 Å². The van der Waals surface area contributed by atoms with Crippen molar-refractivity contribution in [2.45, 2.75) is 32.2 Å². The fourth-order valence-corrected chi connectivity index (χ4v) is 3.71. The molecule has 0 spiro atoms. The molecule has 0 heterocycles. The van der Waals surface area contributed by atoms with Crippen LogP contribution >= 0.6 is 0 Å². The summed E-state index contributed by atoms with van der Waals surface area (Å²) in [5.41, 5.74) is 1.39. The summed E-state index contributed by atoms with van der Waals surface area (Å²) in [7, 11) is 0. The van der Waals surface area contributed by atoms with E-state index in [1.807, 2.05) is 79.4 Å². The van der Waals surface area contributed by atoms with Crippen molar-refractivity contribution < 1.29 is 9.53 Å². The van der Waals surface area contributed by atoms with Crippen molar-refractivity contribution in [3.8, 4) is 0 Å². The van der Waals surface area contributed by atoms with Crippen LogP contribution in [0.15, 0.2) is 60.7 Å². The third-order valence-electron chi connectivity index (χ3n) is 5.26. The van der Waals surface area contributed by atoms with Gasteiger partial charge in [0, 0.05) is 18.7 Å². The molecule has 1 saturated carbocycles. The van der Waals surface area contributed by atoms with Crippen molar-refractivity contribution in [3.05, 3.63) is 77.0 Å². The monoisotopic (exact) mass is 350 g/mol. The molecule has 0 saturated heterocycles. The van der Waals surface area contributed by atoms with Crippen LogP contribution in [0.25, 0.3) is 0 Å². The minimum atomic E-state index is -0.591. The van der Waals surface area contributed by atoms with Gasteiger partial charge in [0.2, 0.25) is 5.91 Å². The SMILES string of the molecule is CCN(CC)C(=O)[C@@]1(c2ccccc2)C[C@H]1/C=[N+](/[O-])Cc1ccccc1. The largest absolute Gasteiger partial charge is 0.624 e. The van der Waals surface area contributed by atoms with Gasteiger partial charge in [-0.1, -0.05) is 60.7 Å². The summed E-state index contributed by atoms with van der Waals surface area (Å²) in [6, 6.07) is 19.6. The highest BCUT2D eigenvalue weighted by Gasteiger charge is 2.63. The van der Waals surface area contributed by atoms with E-state index in [9.17, 15) is 10.0 Å². The summed E-state index contributed by atoms with van der Waals surface area (Å²) in [5, 5.41) is 12.4. The van der Waals surface area contributed by atoms with Crippen molar-refractivity contribution in [2.75, 3.05) is 13.1 Å². The minimum absolute atomic E-state index is 0.0563. The van der Waals surface area contributed by atoms with Gasteiger partial charge in [0.1, 0.15) is 0 Å². The number of hydrogen-bond donors (Lipinski definition) is 0. The first-order chi connectivity index (χ1) is 12.6. The van der Waals surface area contributed by atoms with E-state index in [1.165, 1.54) is 0 Å². The summed E-state index contributed by atoms with van der Waals surface area (Å²) in [6.45, 7) is 5.66. The lowest BCUT2D eigenvalue weighted by Crippen LogP contribution is -2.40. The van der Waals surface area contributed by atoms with E-state index < -0.39 is 5.41 Å². The highest BCUT2D eigenvalue weighted by Crippen LogP contribution is 2.54. The summed E-state index contributed by atoms with van der Waals surface area (Å²) < 4.78 is 0.972. The first kappa shape index (κ1) is 18.2. The zero-order chi connectivity index (χ0) is 18.6. The molecule has 0 N–H and O–H groups in total. The fourth-order valence-electron chi connectivity index (χ4n) is 3.71. The third-order valence-corrected chi connectivity index (χ3v) is 5.26. The second kappa shape index (κ2) is 7.73. The van der Waals surface area contributed by atoms with Gasteiger partial charge in [-0.25, -0.2) is 4.74 Å². The number of rotatable bonds is 7. The smallest absolute Gasteiger partial charge is 0.234 e. The lowest BCUT2D eigenvalue weighted by molar-refractivity contribution is -0.471. The number of nitrogens with zero attached hydrogens (tertiary/aromatic N) is 2. The van der Waals surface area contributed by atoms with E-state index in [1.54, 1.807) is 6.21 Å². The number of likely N-dealkylation sites (N-methyl/N-ethyl adjacent to an activating group) is 1. The maximum atomic E-state index is 13.2. The van der Waals surface area contributed by atoms with Crippen LogP contribution in [-0.2, 0) is 16.8 Å². The lowest BCUT2D eigenvalue weighted by atomic mass is 9.91. The molecule has 1 amide bonds. The van der Waals surface area contributed by atoms with Gasteiger partial charge in [-0.05, 0) is 25.8 Å². The van der Waals surface area contributed by atoms with Gasteiger partial charge >= 0.3 is 0 Å². The Morgan fingerprint density at radius 2 is 1.69 bits per heavy atom. The quantitative estimate of drug-likeness (QED) is 0.331. The van der Waals surface area contributed by atoms with Gasteiger partial charge in [0.05, 0.1) is 11.3 Å². The Kier molecular flexibility index (Phi) is 5.40. The number of benzene rings is 2. The summed E-state index contributed by atoms with van der Waals surface area (Å²) in [6.07, 6.45) is 2.39. The second-order valence-corrected chi connectivity index (χ2v) is 6.84. The molecule has 1 aliphatic rings. The topological polar surface area (TPSA) is 46.4 Å². The van der Waals surface area contributed by atoms with Crippen LogP contribution in [-0.4, -0.2) is 34.9 Å². The molecule has 0 unspecified atom stereocenters. The summed E-state index contributed by atoms with van der Waals surface area (Å²) >= 11 is 0. The fraction of sp³-hybridized carbons (Fsp3) is 0.364. The Hall–Kier alpha value is -2.62. The first-order valence-corrected chi connectivity index (χ1v) is 9.29. The molecule has 136 valence electrons. The zero-order valence-corrected chi connectivity index (χ0v) is 15.5. The van der Waals surface area contributed by atoms with E-state index in [2.05, 4.69) is 0 Å². The van der Waals surface area contributed by atoms with Crippen LogP contribution in [0, 0.1) is 11.1 Å². The third kappa shape index (κ3) is 3.50. The number of hydroxylamine groups is 1. The highest BCUT2D eigenvalue weighted by molar-refractivity contribution is 5.96. The minimum Gasteiger partial charge on any atom is -0.624 e. The number of amides is 1. The molecule has 0 radical (unpaired) electrons. The van der Waals surface area contributed by atoms with Crippen LogP contribution in [0.4, 0.5) is 0 Å². The molecule has 1 aliphatic carbocycles. The maximum Gasteiger partial charge on any atom is 0.234 e. The number of hydrogen-bond acceptors (Lipinski definition) is 2. The highest BCUT2D eigenvalue weighted by atomic mass is 16.5. The van der Waals surface area contributed by atoms with Crippen LogP contribution in [0.2, 0.25) is 0 Å². The van der Waals surface area contributed by atoms with Crippen LogP contribution in [0.3, 0.4) is 0 Å². The molecule has 0 bridgehead atoms. The van der Waals surface area contributed by atoms with Crippen LogP contribution < -0.4 is 0 Å². The summed E-state index contributed by atoms with van der Waals surface area (Å²) in [4.78, 5) is 15.1. The maximum absolute atomic E-state index is 13.2. The molecule has 2 atom stereocenters. The average Bonchev–Trinajstić information content (AvgIpc) is 3.39. The Labute approximate surface area is 155 Å². The predicted molar refractivity (Wildman–Crippen MR) is 104 cm³/mol.